The fraction of sp³-hybridized carbons (Fsp3) is 0.533. The minimum Gasteiger partial charge on any atom is -0.325 e. The van der Waals surface area contributed by atoms with Gasteiger partial charge in [-0.1, -0.05) is 11.6 Å². The lowest BCUT2D eigenvalue weighted by atomic mass is 10.2. The fourth-order valence-electron chi connectivity index (χ4n) is 2.51. The van der Waals surface area contributed by atoms with Crippen molar-refractivity contribution in [3.05, 3.63) is 29.3 Å². The molecule has 0 saturated carbocycles. The number of benzene rings is 1. The molecule has 0 spiro atoms. The molecule has 0 radical (unpaired) electrons. The summed E-state index contributed by atoms with van der Waals surface area (Å²) in [7, 11) is 0. The Hall–Kier alpha value is -1.31. The largest absolute Gasteiger partial charge is 0.401 e. The third-order valence-corrected chi connectivity index (χ3v) is 4.10. The molecule has 1 fully saturated rings. The van der Waals surface area contributed by atoms with Gasteiger partial charge in [-0.3, -0.25) is 14.6 Å². The summed E-state index contributed by atoms with van der Waals surface area (Å²) in [6.07, 6.45) is -4.18. The number of alkyl halides is 3. The van der Waals surface area contributed by atoms with Gasteiger partial charge in [0.25, 0.3) is 0 Å². The van der Waals surface area contributed by atoms with Crippen molar-refractivity contribution in [1.82, 2.24) is 9.80 Å². The number of rotatable bonds is 4. The van der Waals surface area contributed by atoms with Crippen LogP contribution in [0.5, 0.6) is 0 Å². The van der Waals surface area contributed by atoms with Crippen LogP contribution in [-0.4, -0.2) is 60.6 Å². The summed E-state index contributed by atoms with van der Waals surface area (Å²) in [5.74, 6) is -0.184. The number of nitrogens with zero attached hydrogens (tertiary/aromatic N) is 2. The van der Waals surface area contributed by atoms with Crippen molar-refractivity contribution in [3.8, 4) is 0 Å². The average Bonchev–Trinajstić information content (AvgIpc) is 2.48. The number of carbonyl (C=O) groups is 1. The maximum Gasteiger partial charge on any atom is 0.401 e. The Morgan fingerprint density at radius 3 is 2.30 bits per heavy atom. The molecule has 0 aliphatic carbocycles. The second-order valence-electron chi connectivity index (χ2n) is 5.60. The lowest BCUT2D eigenvalue weighted by Gasteiger charge is -2.37. The Kier molecular flexibility index (Phi) is 5.89. The fourth-order valence-corrected chi connectivity index (χ4v) is 2.63. The van der Waals surface area contributed by atoms with E-state index in [1.807, 2.05) is 4.90 Å². The SMILES string of the molecule is CC(C(=O)Nc1ccc(Cl)cc1)N1CCN(CC(F)(F)F)CC1. The standard InChI is InChI=1S/C15H19ClF3N3O/c1-11(14(23)20-13-4-2-12(16)3-5-13)22-8-6-21(7-9-22)10-15(17,18)19/h2-5,11H,6-10H2,1H3,(H,20,23). The van der Waals surface area contributed by atoms with Crippen molar-refractivity contribution < 1.29 is 18.0 Å². The number of hydrogen-bond acceptors (Lipinski definition) is 3. The van der Waals surface area contributed by atoms with Crippen LogP contribution in [0.2, 0.25) is 5.02 Å². The number of anilines is 1. The van der Waals surface area contributed by atoms with Gasteiger partial charge in [0, 0.05) is 36.9 Å². The third-order valence-electron chi connectivity index (χ3n) is 3.85. The van der Waals surface area contributed by atoms with Gasteiger partial charge in [-0.25, -0.2) is 0 Å². The number of halogens is 4. The van der Waals surface area contributed by atoms with Gasteiger partial charge in [0.05, 0.1) is 12.6 Å². The second kappa shape index (κ2) is 7.51. The highest BCUT2D eigenvalue weighted by atomic mass is 35.5. The molecule has 1 unspecified atom stereocenters. The summed E-state index contributed by atoms with van der Waals surface area (Å²) < 4.78 is 37.1. The zero-order valence-electron chi connectivity index (χ0n) is 12.7. The van der Waals surface area contributed by atoms with Crippen molar-refractivity contribution in [2.24, 2.45) is 0 Å². The van der Waals surface area contributed by atoms with Crippen molar-refractivity contribution in [2.45, 2.75) is 19.1 Å². The average molecular weight is 350 g/mol. The van der Waals surface area contributed by atoms with Crippen molar-refractivity contribution in [3.63, 3.8) is 0 Å². The number of hydrogen-bond donors (Lipinski definition) is 1. The summed E-state index contributed by atoms with van der Waals surface area (Å²) in [6, 6.07) is 6.36. The predicted molar refractivity (Wildman–Crippen MR) is 83.6 cm³/mol. The molecule has 0 aromatic heterocycles. The van der Waals surface area contributed by atoms with E-state index in [0.29, 0.717) is 36.9 Å². The van der Waals surface area contributed by atoms with E-state index in [-0.39, 0.29) is 5.91 Å². The quantitative estimate of drug-likeness (QED) is 0.908. The van der Waals surface area contributed by atoms with E-state index in [1.54, 1.807) is 31.2 Å². The first-order chi connectivity index (χ1) is 10.7. The van der Waals surface area contributed by atoms with Crippen molar-refractivity contribution in [2.75, 3.05) is 38.0 Å². The van der Waals surface area contributed by atoms with Crippen LogP contribution in [0.4, 0.5) is 18.9 Å². The molecular weight excluding hydrogens is 331 g/mol. The van der Waals surface area contributed by atoms with Gasteiger partial charge in [-0.05, 0) is 31.2 Å². The Labute approximate surface area is 138 Å². The highest BCUT2D eigenvalue weighted by Crippen LogP contribution is 2.18. The van der Waals surface area contributed by atoms with E-state index in [1.165, 1.54) is 4.90 Å². The molecular formula is C15H19ClF3N3O. The van der Waals surface area contributed by atoms with Gasteiger partial charge in [0.2, 0.25) is 5.91 Å². The normalized spacial score (nSPS) is 18.7. The van der Waals surface area contributed by atoms with Crippen LogP contribution in [0.1, 0.15) is 6.92 Å². The number of piperazine rings is 1. The smallest absolute Gasteiger partial charge is 0.325 e. The van der Waals surface area contributed by atoms with E-state index in [4.69, 9.17) is 11.6 Å². The summed E-state index contributed by atoms with van der Waals surface area (Å²) in [4.78, 5) is 15.5. The van der Waals surface area contributed by atoms with Crippen LogP contribution >= 0.6 is 11.6 Å². The lowest BCUT2D eigenvalue weighted by molar-refractivity contribution is -0.150. The van der Waals surface area contributed by atoms with Gasteiger partial charge < -0.3 is 5.32 Å². The van der Waals surface area contributed by atoms with Crippen molar-refractivity contribution >= 4 is 23.2 Å². The first kappa shape index (κ1) is 18.0. The molecule has 8 heteroatoms. The minimum atomic E-state index is -4.18. The zero-order valence-corrected chi connectivity index (χ0v) is 13.5. The number of carbonyl (C=O) groups excluding carboxylic acids is 1. The maximum atomic E-state index is 12.4. The molecule has 1 N–H and O–H groups in total. The topological polar surface area (TPSA) is 35.6 Å². The van der Waals surface area contributed by atoms with Gasteiger partial charge in [-0.2, -0.15) is 13.2 Å². The van der Waals surface area contributed by atoms with Crippen LogP contribution in [0.25, 0.3) is 0 Å². The van der Waals surface area contributed by atoms with Crippen LogP contribution in [0, 0.1) is 0 Å². The Morgan fingerprint density at radius 1 is 1.22 bits per heavy atom. The molecule has 0 bridgehead atoms. The van der Waals surface area contributed by atoms with Crippen LogP contribution in [-0.2, 0) is 4.79 Å². The lowest BCUT2D eigenvalue weighted by Crippen LogP contribution is -2.54. The molecule has 1 aromatic carbocycles. The maximum absolute atomic E-state index is 12.4. The van der Waals surface area contributed by atoms with Gasteiger partial charge in [-0.15, -0.1) is 0 Å². The summed E-state index contributed by atoms with van der Waals surface area (Å²) >= 11 is 5.79. The van der Waals surface area contributed by atoms with E-state index >= 15 is 0 Å². The summed E-state index contributed by atoms with van der Waals surface area (Å²) in [6.45, 7) is 2.34. The van der Waals surface area contributed by atoms with Gasteiger partial charge in [0.1, 0.15) is 0 Å². The van der Waals surface area contributed by atoms with E-state index in [2.05, 4.69) is 5.32 Å². The van der Waals surface area contributed by atoms with Crippen LogP contribution in [0.3, 0.4) is 0 Å². The highest BCUT2D eigenvalue weighted by Gasteiger charge is 2.33. The van der Waals surface area contributed by atoms with Gasteiger partial charge in [0.15, 0.2) is 0 Å². The summed E-state index contributed by atoms with van der Waals surface area (Å²) in [5.41, 5.74) is 0.641. The Morgan fingerprint density at radius 2 is 1.78 bits per heavy atom. The van der Waals surface area contributed by atoms with Crippen LogP contribution in [0.15, 0.2) is 24.3 Å². The van der Waals surface area contributed by atoms with Gasteiger partial charge >= 0.3 is 6.18 Å². The van der Waals surface area contributed by atoms with Crippen LogP contribution < -0.4 is 5.32 Å². The number of amides is 1. The Balaban J connectivity index is 1.83. The molecule has 1 amide bonds. The monoisotopic (exact) mass is 349 g/mol. The first-order valence-electron chi connectivity index (χ1n) is 7.34. The van der Waals surface area contributed by atoms with E-state index < -0.39 is 18.8 Å². The second-order valence-corrected chi connectivity index (χ2v) is 6.04. The molecule has 1 aromatic rings. The first-order valence-corrected chi connectivity index (χ1v) is 7.72. The highest BCUT2D eigenvalue weighted by molar-refractivity contribution is 6.30. The minimum absolute atomic E-state index is 0.184. The number of nitrogens with one attached hydrogen (secondary N) is 1. The molecule has 23 heavy (non-hydrogen) atoms. The van der Waals surface area contributed by atoms with Crippen molar-refractivity contribution in [1.29, 1.82) is 0 Å². The summed E-state index contributed by atoms with van der Waals surface area (Å²) in [5, 5.41) is 3.36. The molecule has 4 nitrogen and oxygen atoms in total. The Bertz CT molecular complexity index is 528. The molecule has 1 heterocycles. The zero-order chi connectivity index (χ0) is 17.0. The molecule has 1 atom stereocenters. The molecule has 128 valence electrons. The molecule has 1 aliphatic rings. The van der Waals surface area contributed by atoms with E-state index in [9.17, 15) is 18.0 Å². The molecule has 1 aliphatic heterocycles. The predicted octanol–water partition coefficient (Wildman–Crippen LogP) is 2.85. The van der Waals surface area contributed by atoms with E-state index in [0.717, 1.165) is 0 Å². The molecule has 2 rings (SSSR count). The third kappa shape index (κ3) is 5.67. The molecule has 1 saturated heterocycles.